The van der Waals surface area contributed by atoms with Crippen molar-refractivity contribution in [1.29, 1.82) is 0 Å². The highest BCUT2D eigenvalue weighted by molar-refractivity contribution is 5.97. The van der Waals surface area contributed by atoms with Gasteiger partial charge in [0.25, 0.3) is 5.91 Å². The van der Waals surface area contributed by atoms with Gasteiger partial charge in [-0.3, -0.25) is 9.78 Å². The fourth-order valence-electron chi connectivity index (χ4n) is 1.84. The van der Waals surface area contributed by atoms with Crippen LogP contribution in [0.1, 0.15) is 36.3 Å². The second-order valence-electron chi connectivity index (χ2n) is 5.33. The van der Waals surface area contributed by atoms with Gasteiger partial charge in [0.1, 0.15) is 5.69 Å². The molecule has 2 rings (SSSR count). The Bertz CT molecular complexity index is 549. The largest absolute Gasteiger partial charge is 0.478 e. The molecule has 1 unspecified atom stereocenters. The van der Waals surface area contributed by atoms with E-state index < -0.39 is 5.97 Å². The zero-order valence-electron chi connectivity index (χ0n) is 10.9. The van der Waals surface area contributed by atoms with E-state index in [0.717, 1.165) is 12.5 Å². The molecule has 1 saturated carbocycles. The summed E-state index contributed by atoms with van der Waals surface area (Å²) in [4.78, 5) is 26.6. The molecule has 1 aliphatic rings. The molecule has 0 spiro atoms. The Balaban J connectivity index is 2.15. The molecule has 2 N–H and O–H groups in total. The number of hydrogen-bond donors (Lipinski definition) is 2. The van der Waals surface area contributed by atoms with Gasteiger partial charge in [0.2, 0.25) is 0 Å². The zero-order valence-corrected chi connectivity index (χ0v) is 10.9. The van der Waals surface area contributed by atoms with E-state index in [1.165, 1.54) is 12.3 Å². The quantitative estimate of drug-likeness (QED) is 0.808. The van der Waals surface area contributed by atoms with Gasteiger partial charge < -0.3 is 10.4 Å². The lowest BCUT2D eigenvalue weighted by atomic mass is 10.1. The summed E-state index contributed by atoms with van der Waals surface area (Å²) in [6, 6.07) is 3.50. The minimum absolute atomic E-state index is 0.140. The van der Waals surface area contributed by atoms with Crippen LogP contribution in [0.5, 0.6) is 0 Å². The molecule has 1 aromatic rings. The van der Waals surface area contributed by atoms with Gasteiger partial charge in [-0.2, -0.15) is 0 Å². The zero-order chi connectivity index (χ0) is 14.0. The number of pyridine rings is 1. The summed E-state index contributed by atoms with van der Waals surface area (Å²) in [5.41, 5.74) is 0.894. The van der Waals surface area contributed by atoms with Crippen molar-refractivity contribution in [3.63, 3.8) is 0 Å². The number of carboxylic acid groups (broad SMARTS) is 1. The molecule has 0 aliphatic heterocycles. The first-order valence-electron chi connectivity index (χ1n) is 6.07. The van der Waals surface area contributed by atoms with Crippen molar-refractivity contribution in [3.05, 3.63) is 35.7 Å². The molecule has 5 nitrogen and oxygen atoms in total. The number of nitrogens with zero attached hydrogens (tertiary/aromatic N) is 1. The molecular weight excluding hydrogens is 244 g/mol. The Morgan fingerprint density at radius 1 is 1.53 bits per heavy atom. The lowest BCUT2D eigenvalue weighted by Crippen LogP contribution is -2.29. The highest BCUT2D eigenvalue weighted by Crippen LogP contribution is 2.44. The third-order valence-electron chi connectivity index (χ3n) is 3.28. The molecule has 100 valence electrons. The highest BCUT2D eigenvalue weighted by atomic mass is 16.4. The van der Waals surface area contributed by atoms with E-state index in [1.54, 1.807) is 12.1 Å². The van der Waals surface area contributed by atoms with Crippen LogP contribution < -0.4 is 5.32 Å². The fourth-order valence-corrected chi connectivity index (χ4v) is 1.84. The predicted molar refractivity (Wildman–Crippen MR) is 70.6 cm³/mol. The van der Waals surface area contributed by atoms with Crippen LogP contribution in [-0.2, 0) is 4.79 Å². The first kappa shape index (κ1) is 13.3. The maximum Gasteiger partial charge on any atom is 0.328 e. The second kappa shape index (κ2) is 4.84. The second-order valence-corrected chi connectivity index (χ2v) is 5.33. The third-order valence-corrected chi connectivity index (χ3v) is 3.28. The topological polar surface area (TPSA) is 79.3 Å². The average molecular weight is 260 g/mol. The van der Waals surface area contributed by atoms with Crippen LogP contribution >= 0.6 is 0 Å². The summed E-state index contributed by atoms with van der Waals surface area (Å²) in [6.45, 7) is 4.17. The molecule has 1 aromatic heterocycles. The molecule has 1 fully saturated rings. The van der Waals surface area contributed by atoms with Crippen LogP contribution in [0.4, 0.5) is 0 Å². The maximum absolute atomic E-state index is 12.1. The maximum atomic E-state index is 12.1. The van der Waals surface area contributed by atoms with Gasteiger partial charge in [0.05, 0.1) is 0 Å². The van der Waals surface area contributed by atoms with Crippen molar-refractivity contribution in [2.75, 3.05) is 0 Å². The third kappa shape index (κ3) is 3.19. The lowest BCUT2D eigenvalue weighted by molar-refractivity contribution is -0.131. The van der Waals surface area contributed by atoms with Crippen molar-refractivity contribution in [2.24, 2.45) is 5.41 Å². The van der Waals surface area contributed by atoms with Crippen molar-refractivity contribution in [3.8, 4) is 0 Å². The summed E-state index contributed by atoms with van der Waals surface area (Å²) in [6.07, 6.45) is 4.84. The van der Waals surface area contributed by atoms with Gasteiger partial charge in [-0.1, -0.05) is 19.9 Å². The lowest BCUT2D eigenvalue weighted by Gasteiger charge is -2.08. The first-order valence-corrected chi connectivity index (χ1v) is 6.07. The minimum Gasteiger partial charge on any atom is -0.478 e. The molecule has 1 aliphatic carbocycles. The van der Waals surface area contributed by atoms with Gasteiger partial charge in [0, 0.05) is 23.9 Å². The number of aromatic nitrogens is 1. The number of carboxylic acids is 1. The fraction of sp³-hybridized carbons (Fsp3) is 0.357. The van der Waals surface area contributed by atoms with Crippen LogP contribution in [0, 0.1) is 5.41 Å². The van der Waals surface area contributed by atoms with Crippen LogP contribution in [0.3, 0.4) is 0 Å². The standard InChI is InChI=1S/C14H16N2O3/c1-14(2)8-10(14)16-13(19)12-9(4-3-7-15-12)5-6-11(17)18/h3-7,10H,8H2,1-2H3,(H,16,19)(H,17,18)/b6-5+. The van der Waals surface area contributed by atoms with E-state index in [-0.39, 0.29) is 23.1 Å². The number of carbonyl (C=O) groups excluding carboxylic acids is 1. The molecule has 0 aromatic carbocycles. The minimum atomic E-state index is -1.06. The van der Waals surface area contributed by atoms with Gasteiger partial charge >= 0.3 is 5.97 Å². The molecule has 1 amide bonds. The number of amides is 1. The number of rotatable bonds is 4. The summed E-state index contributed by atoms with van der Waals surface area (Å²) >= 11 is 0. The van der Waals surface area contributed by atoms with Crippen molar-refractivity contribution >= 4 is 18.0 Å². The molecular formula is C14H16N2O3. The summed E-state index contributed by atoms with van der Waals surface area (Å²) in [5.74, 6) is -1.32. The molecule has 0 saturated heterocycles. The summed E-state index contributed by atoms with van der Waals surface area (Å²) < 4.78 is 0. The van der Waals surface area contributed by atoms with Crippen molar-refractivity contribution in [2.45, 2.75) is 26.3 Å². The monoisotopic (exact) mass is 260 g/mol. The van der Waals surface area contributed by atoms with E-state index in [1.807, 2.05) is 0 Å². The Morgan fingerprint density at radius 3 is 2.79 bits per heavy atom. The molecule has 0 bridgehead atoms. The molecule has 1 heterocycles. The molecule has 5 heteroatoms. The molecule has 19 heavy (non-hydrogen) atoms. The van der Waals surface area contributed by atoms with Crippen LogP contribution in [0.15, 0.2) is 24.4 Å². The first-order chi connectivity index (χ1) is 8.90. The smallest absolute Gasteiger partial charge is 0.328 e. The van der Waals surface area contributed by atoms with E-state index in [9.17, 15) is 9.59 Å². The number of nitrogens with one attached hydrogen (secondary N) is 1. The van der Waals surface area contributed by atoms with E-state index in [2.05, 4.69) is 24.1 Å². The Morgan fingerprint density at radius 2 is 2.21 bits per heavy atom. The Kier molecular flexibility index (Phi) is 3.38. The van der Waals surface area contributed by atoms with Gasteiger partial charge in [-0.15, -0.1) is 0 Å². The average Bonchev–Trinajstić information content (AvgIpc) is 2.94. The Labute approximate surface area is 111 Å². The normalized spacial score (nSPS) is 20.2. The van der Waals surface area contributed by atoms with Crippen LogP contribution in [-0.4, -0.2) is 28.0 Å². The summed E-state index contributed by atoms with van der Waals surface area (Å²) in [5, 5.41) is 11.5. The highest BCUT2D eigenvalue weighted by Gasteiger charge is 2.46. The number of hydrogen-bond acceptors (Lipinski definition) is 3. The number of carbonyl (C=O) groups is 2. The van der Waals surface area contributed by atoms with Crippen molar-refractivity contribution < 1.29 is 14.7 Å². The van der Waals surface area contributed by atoms with E-state index in [4.69, 9.17) is 5.11 Å². The van der Waals surface area contributed by atoms with E-state index >= 15 is 0 Å². The van der Waals surface area contributed by atoms with Gasteiger partial charge in [-0.25, -0.2) is 4.79 Å². The molecule has 1 atom stereocenters. The summed E-state index contributed by atoms with van der Waals surface area (Å²) in [7, 11) is 0. The predicted octanol–water partition coefficient (Wildman–Crippen LogP) is 1.71. The number of aliphatic carboxylic acids is 1. The van der Waals surface area contributed by atoms with E-state index in [0.29, 0.717) is 5.56 Å². The van der Waals surface area contributed by atoms with Crippen molar-refractivity contribution in [1.82, 2.24) is 10.3 Å². The molecule has 0 radical (unpaired) electrons. The SMILES string of the molecule is CC1(C)CC1NC(=O)c1ncccc1/C=C/C(=O)O. The van der Waals surface area contributed by atoms with Gasteiger partial charge in [-0.05, 0) is 24.0 Å². The van der Waals surface area contributed by atoms with Crippen LogP contribution in [0.25, 0.3) is 6.08 Å². The van der Waals surface area contributed by atoms with Crippen LogP contribution in [0.2, 0.25) is 0 Å². The van der Waals surface area contributed by atoms with Gasteiger partial charge in [0.15, 0.2) is 0 Å². The Hall–Kier alpha value is -2.17.